The van der Waals surface area contributed by atoms with Gasteiger partial charge in [0.05, 0.1) is 5.57 Å². The first-order chi connectivity index (χ1) is 13.0. The summed E-state index contributed by atoms with van der Waals surface area (Å²) in [7, 11) is 2.22. The number of rotatable bonds is 8. The van der Waals surface area contributed by atoms with E-state index in [4.69, 9.17) is 18.6 Å². The molecule has 0 bridgehead atoms. The van der Waals surface area contributed by atoms with Gasteiger partial charge in [-0.1, -0.05) is 57.2 Å². The van der Waals surface area contributed by atoms with Crippen LogP contribution in [0.1, 0.15) is 26.3 Å². The van der Waals surface area contributed by atoms with Crippen LogP contribution in [0.15, 0.2) is 48.1 Å². The van der Waals surface area contributed by atoms with Gasteiger partial charge in [-0.15, -0.1) is 0 Å². The summed E-state index contributed by atoms with van der Waals surface area (Å²) in [5, 5.41) is -0.0879. The minimum absolute atomic E-state index is 0.0879. The van der Waals surface area contributed by atoms with Gasteiger partial charge in [0.15, 0.2) is 14.1 Å². The average Bonchev–Trinajstić information content (AvgIpc) is 2.64. The van der Waals surface area contributed by atoms with Crippen LogP contribution < -0.4 is 0 Å². The topological polar surface area (TPSA) is 54.0 Å². The van der Waals surface area contributed by atoms with E-state index >= 15 is 0 Å². The summed E-state index contributed by atoms with van der Waals surface area (Å²) in [4.78, 5) is 13.0. The highest BCUT2D eigenvalue weighted by Gasteiger charge is 2.68. The molecule has 0 spiro atoms. The summed E-state index contributed by atoms with van der Waals surface area (Å²) in [5.41, 5.74) is 1.32. The number of allylic oxidation sites excluding steroid dienone is 1. The molecule has 28 heavy (non-hydrogen) atoms. The normalized spacial score (nSPS) is 22.1. The molecule has 1 aromatic rings. The Hall–Kier alpha value is -1.57. The molecule has 0 N–H and O–H groups in total. The first-order valence-corrected chi connectivity index (χ1v) is 12.3. The molecular formula is C22H32O5Si. The summed E-state index contributed by atoms with van der Waals surface area (Å²) in [6.07, 6.45) is 4.94. The molecule has 5 nitrogen and oxygen atoms in total. The van der Waals surface area contributed by atoms with Crippen molar-refractivity contribution in [3.8, 4) is 0 Å². The van der Waals surface area contributed by atoms with Crippen molar-refractivity contribution >= 4 is 20.2 Å². The van der Waals surface area contributed by atoms with Gasteiger partial charge >= 0.3 is 0 Å². The third kappa shape index (κ3) is 3.80. The Morgan fingerprint density at radius 1 is 1.00 bits per heavy atom. The number of hydrogen-bond acceptors (Lipinski definition) is 5. The molecule has 1 aliphatic rings. The van der Waals surface area contributed by atoms with Gasteiger partial charge in [-0.05, 0) is 35.8 Å². The van der Waals surface area contributed by atoms with E-state index in [0.29, 0.717) is 5.57 Å². The first-order valence-electron chi connectivity index (χ1n) is 9.35. The molecule has 0 fully saturated rings. The van der Waals surface area contributed by atoms with Crippen LogP contribution in [0.3, 0.4) is 0 Å². The largest absolute Gasteiger partial charge is 0.382 e. The Bertz CT molecular complexity index is 757. The number of ketones is 1. The molecule has 0 heterocycles. The van der Waals surface area contributed by atoms with Crippen LogP contribution in [0, 0.1) is 0 Å². The zero-order valence-corrected chi connectivity index (χ0v) is 19.2. The van der Waals surface area contributed by atoms with Crippen molar-refractivity contribution in [2.24, 2.45) is 0 Å². The number of carbonyl (C=O) groups is 1. The summed E-state index contributed by atoms with van der Waals surface area (Å²) in [6.45, 7) is 10.6. The second kappa shape index (κ2) is 8.04. The molecule has 0 radical (unpaired) electrons. The molecule has 1 aliphatic carbocycles. The second-order valence-corrected chi connectivity index (χ2v) is 13.1. The van der Waals surface area contributed by atoms with Crippen LogP contribution >= 0.6 is 0 Å². The van der Waals surface area contributed by atoms with E-state index in [0.717, 1.165) is 5.56 Å². The van der Waals surface area contributed by atoms with Crippen molar-refractivity contribution in [2.75, 3.05) is 21.3 Å². The zero-order chi connectivity index (χ0) is 21.2. The van der Waals surface area contributed by atoms with Crippen LogP contribution in [-0.2, 0) is 23.4 Å². The van der Waals surface area contributed by atoms with E-state index in [1.807, 2.05) is 30.3 Å². The number of methoxy groups -OCH3 is 3. The molecule has 0 aliphatic heterocycles. The quantitative estimate of drug-likeness (QED) is 0.361. The third-order valence-corrected chi connectivity index (χ3v) is 10.1. The summed E-state index contributed by atoms with van der Waals surface area (Å²) in [5.74, 6) is -2.89. The van der Waals surface area contributed by atoms with Crippen LogP contribution in [0.2, 0.25) is 18.1 Å². The Kier molecular flexibility index (Phi) is 6.53. The van der Waals surface area contributed by atoms with E-state index in [1.165, 1.54) is 27.4 Å². The lowest BCUT2D eigenvalue weighted by Crippen LogP contribution is -2.70. The fourth-order valence-corrected chi connectivity index (χ4v) is 4.31. The van der Waals surface area contributed by atoms with Gasteiger partial charge in [-0.2, -0.15) is 0 Å². The van der Waals surface area contributed by atoms with Gasteiger partial charge in [-0.25, -0.2) is 0 Å². The maximum atomic E-state index is 13.0. The lowest BCUT2D eigenvalue weighted by atomic mass is 9.80. The van der Waals surface area contributed by atoms with E-state index < -0.39 is 19.9 Å². The van der Waals surface area contributed by atoms with E-state index in [-0.39, 0.29) is 10.8 Å². The number of carbonyl (C=O) groups excluding carboxylic acids is 1. The Labute approximate surface area is 169 Å². The predicted octanol–water partition coefficient (Wildman–Crippen LogP) is 4.56. The van der Waals surface area contributed by atoms with Gasteiger partial charge in [0.25, 0.3) is 0 Å². The molecule has 0 saturated heterocycles. The second-order valence-electron chi connectivity index (χ2n) is 8.43. The minimum Gasteiger partial charge on any atom is -0.382 e. The molecule has 2 rings (SSSR count). The molecule has 154 valence electrons. The molecule has 1 aromatic carbocycles. The van der Waals surface area contributed by atoms with Crippen molar-refractivity contribution in [3.63, 3.8) is 0 Å². The van der Waals surface area contributed by atoms with E-state index in [9.17, 15) is 4.79 Å². The molecule has 1 unspecified atom stereocenters. The van der Waals surface area contributed by atoms with E-state index in [1.54, 1.807) is 12.2 Å². The van der Waals surface area contributed by atoms with Crippen LogP contribution in [-0.4, -0.2) is 47.0 Å². The average molecular weight is 405 g/mol. The lowest BCUT2D eigenvalue weighted by Gasteiger charge is -2.56. The van der Waals surface area contributed by atoms with Gasteiger partial charge in [0.2, 0.25) is 11.6 Å². The van der Waals surface area contributed by atoms with Crippen molar-refractivity contribution in [3.05, 3.63) is 53.6 Å². The standard InChI is InChI=1S/C22H32O5Si/c1-20(2,3)28(7,8)27-22(26-6)18(16-21(22,24-4)25-5)19(23)15-14-17-12-10-9-11-13-17/h9-16H,1-8H3/b15-14+. The summed E-state index contributed by atoms with van der Waals surface area (Å²) >= 11 is 0. The zero-order valence-electron chi connectivity index (χ0n) is 18.2. The Morgan fingerprint density at radius 3 is 2.04 bits per heavy atom. The maximum absolute atomic E-state index is 13.0. The highest BCUT2D eigenvalue weighted by atomic mass is 28.4. The molecule has 0 aromatic heterocycles. The van der Waals surface area contributed by atoms with Crippen molar-refractivity contribution < 1.29 is 23.4 Å². The highest BCUT2D eigenvalue weighted by molar-refractivity contribution is 6.74. The Balaban J connectivity index is 2.44. The van der Waals surface area contributed by atoms with Crippen LogP contribution in [0.5, 0.6) is 0 Å². The van der Waals surface area contributed by atoms with Gasteiger partial charge in [0.1, 0.15) is 0 Å². The Morgan fingerprint density at radius 2 is 1.57 bits per heavy atom. The molecule has 1 atom stereocenters. The van der Waals surface area contributed by atoms with E-state index in [2.05, 4.69) is 33.9 Å². The van der Waals surface area contributed by atoms with Crippen LogP contribution in [0.4, 0.5) is 0 Å². The van der Waals surface area contributed by atoms with Crippen molar-refractivity contribution in [2.45, 2.75) is 50.5 Å². The highest BCUT2D eigenvalue weighted by Crippen LogP contribution is 2.52. The van der Waals surface area contributed by atoms with Crippen LogP contribution in [0.25, 0.3) is 6.08 Å². The SMILES string of the molecule is COC1(OC)C=C(C(=O)/C=C/c2ccccc2)C1(OC)O[Si](C)(C)C(C)(C)C. The van der Waals surface area contributed by atoms with Crippen molar-refractivity contribution in [1.29, 1.82) is 0 Å². The third-order valence-electron chi connectivity index (χ3n) is 5.74. The number of ether oxygens (including phenoxy) is 3. The lowest BCUT2D eigenvalue weighted by molar-refractivity contribution is -0.350. The first kappa shape index (κ1) is 22.7. The van der Waals surface area contributed by atoms with Gasteiger partial charge in [-0.3, -0.25) is 4.79 Å². The minimum atomic E-state index is -2.33. The molecule has 6 heteroatoms. The van der Waals surface area contributed by atoms with Gasteiger partial charge in [0, 0.05) is 21.3 Å². The molecule has 0 saturated carbocycles. The smallest absolute Gasteiger partial charge is 0.249 e. The summed E-state index contributed by atoms with van der Waals surface area (Å²) in [6, 6.07) is 9.65. The van der Waals surface area contributed by atoms with Crippen molar-refractivity contribution in [1.82, 2.24) is 0 Å². The fraction of sp³-hybridized carbons (Fsp3) is 0.500. The number of benzene rings is 1. The van der Waals surface area contributed by atoms with Gasteiger partial charge < -0.3 is 18.6 Å². The summed E-state index contributed by atoms with van der Waals surface area (Å²) < 4.78 is 23.7. The maximum Gasteiger partial charge on any atom is 0.249 e. The molecular weight excluding hydrogens is 372 g/mol. The molecule has 0 amide bonds. The monoisotopic (exact) mass is 404 g/mol. The number of hydrogen-bond donors (Lipinski definition) is 0. The fourth-order valence-electron chi connectivity index (χ4n) is 2.95. The predicted molar refractivity (Wildman–Crippen MR) is 113 cm³/mol.